The van der Waals surface area contributed by atoms with Crippen LogP contribution in [0.25, 0.3) is 0 Å². The number of ether oxygens (including phenoxy) is 2. The molecule has 4 heteroatoms. The second kappa shape index (κ2) is 5.19. The highest BCUT2D eigenvalue weighted by atomic mass is 16.7. The highest BCUT2D eigenvalue weighted by molar-refractivity contribution is 5.91. The number of carbonyl (C=O) groups is 1. The first-order chi connectivity index (χ1) is 8.18. The zero-order valence-corrected chi connectivity index (χ0v) is 9.81. The second-order valence-corrected chi connectivity index (χ2v) is 4.33. The Morgan fingerprint density at radius 2 is 2.24 bits per heavy atom. The molecule has 1 aromatic rings. The Bertz CT molecular complexity index is 410. The fourth-order valence-corrected chi connectivity index (χ4v) is 1.61. The van der Waals surface area contributed by atoms with Crippen LogP contribution in [0.3, 0.4) is 0 Å². The van der Waals surface area contributed by atoms with E-state index in [2.05, 4.69) is 0 Å². The Morgan fingerprint density at radius 3 is 2.88 bits per heavy atom. The van der Waals surface area contributed by atoms with Crippen LogP contribution in [-0.4, -0.2) is 24.5 Å². The predicted octanol–water partition coefficient (Wildman–Crippen LogP) is 2.46. The lowest BCUT2D eigenvalue weighted by Gasteiger charge is -2.11. The first-order valence-electron chi connectivity index (χ1n) is 5.72. The van der Waals surface area contributed by atoms with Crippen LogP contribution in [0.5, 0.6) is 5.75 Å². The molecule has 4 nitrogen and oxygen atoms in total. The van der Waals surface area contributed by atoms with E-state index in [0.717, 1.165) is 5.56 Å². The van der Waals surface area contributed by atoms with Crippen LogP contribution in [0, 0.1) is 12.8 Å². The fraction of sp³-hybridized carbons (Fsp3) is 0.462. The number of carboxylic acids is 1. The molecule has 1 aromatic carbocycles. The number of benzene rings is 1. The van der Waals surface area contributed by atoms with Gasteiger partial charge in [-0.25, -0.2) is 4.79 Å². The number of hydrogen-bond donors (Lipinski definition) is 1. The minimum absolute atomic E-state index is 0.113. The minimum atomic E-state index is -0.981. The van der Waals surface area contributed by atoms with Gasteiger partial charge in [0.1, 0.15) is 11.3 Å². The fourth-order valence-electron chi connectivity index (χ4n) is 1.61. The summed E-state index contributed by atoms with van der Waals surface area (Å²) in [5, 5.41) is 9.02. The molecule has 0 amide bonds. The van der Waals surface area contributed by atoms with Gasteiger partial charge in [-0.15, -0.1) is 0 Å². The van der Waals surface area contributed by atoms with E-state index in [1.165, 1.54) is 18.9 Å². The van der Waals surface area contributed by atoms with Crippen LogP contribution in [0.1, 0.15) is 28.8 Å². The Morgan fingerprint density at radius 1 is 1.47 bits per heavy atom. The molecule has 0 bridgehead atoms. The lowest BCUT2D eigenvalue weighted by atomic mass is 10.1. The molecule has 2 rings (SSSR count). The van der Waals surface area contributed by atoms with Gasteiger partial charge in [-0.2, -0.15) is 0 Å². The van der Waals surface area contributed by atoms with Crippen LogP contribution in [0.15, 0.2) is 18.2 Å². The Labute approximate surface area is 100 Å². The second-order valence-electron chi connectivity index (χ2n) is 4.33. The summed E-state index contributed by atoms with van der Waals surface area (Å²) >= 11 is 0. The number of hydrogen-bond acceptors (Lipinski definition) is 3. The molecule has 17 heavy (non-hydrogen) atoms. The van der Waals surface area contributed by atoms with Gasteiger partial charge in [0.2, 0.25) is 0 Å². The van der Waals surface area contributed by atoms with Gasteiger partial charge in [0.05, 0.1) is 6.61 Å². The van der Waals surface area contributed by atoms with Gasteiger partial charge >= 0.3 is 5.97 Å². The lowest BCUT2D eigenvalue weighted by Crippen LogP contribution is -2.09. The lowest BCUT2D eigenvalue weighted by molar-refractivity contribution is 0.00881. The molecule has 0 unspecified atom stereocenters. The average molecular weight is 236 g/mol. The third kappa shape index (κ3) is 3.20. The number of aryl methyl sites for hydroxylation is 1. The van der Waals surface area contributed by atoms with Crippen molar-refractivity contribution in [3.8, 4) is 5.75 Å². The molecular formula is C13H16O4. The van der Waals surface area contributed by atoms with Gasteiger partial charge in [0, 0.05) is 0 Å². The summed E-state index contributed by atoms with van der Waals surface area (Å²) < 4.78 is 10.7. The maximum Gasteiger partial charge on any atom is 0.339 e. The molecule has 1 N–H and O–H groups in total. The van der Waals surface area contributed by atoms with Crippen molar-refractivity contribution in [2.24, 2.45) is 5.92 Å². The largest absolute Gasteiger partial charge is 0.478 e. The molecular weight excluding hydrogens is 220 g/mol. The quantitative estimate of drug-likeness (QED) is 0.609. The number of rotatable bonds is 6. The van der Waals surface area contributed by atoms with Crippen molar-refractivity contribution in [2.45, 2.75) is 19.8 Å². The summed E-state index contributed by atoms with van der Waals surface area (Å²) in [4.78, 5) is 11.0. The zero-order valence-electron chi connectivity index (χ0n) is 9.81. The van der Waals surface area contributed by atoms with E-state index in [9.17, 15) is 4.79 Å². The molecule has 92 valence electrons. The van der Waals surface area contributed by atoms with Crippen molar-refractivity contribution in [3.05, 3.63) is 29.3 Å². The van der Waals surface area contributed by atoms with Crippen molar-refractivity contribution < 1.29 is 19.4 Å². The van der Waals surface area contributed by atoms with E-state index in [1.807, 2.05) is 13.0 Å². The molecule has 0 aliphatic heterocycles. The van der Waals surface area contributed by atoms with E-state index in [0.29, 0.717) is 18.3 Å². The van der Waals surface area contributed by atoms with E-state index in [-0.39, 0.29) is 12.4 Å². The SMILES string of the molecule is Cc1cccc(C(=O)O)c1OCOCC1CC1. The first-order valence-corrected chi connectivity index (χ1v) is 5.72. The number of carboxylic acid groups (broad SMARTS) is 1. The van der Waals surface area contributed by atoms with E-state index < -0.39 is 5.97 Å². The zero-order chi connectivity index (χ0) is 12.3. The highest BCUT2D eigenvalue weighted by Gasteiger charge is 2.21. The third-order valence-corrected chi connectivity index (χ3v) is 2.78. The van der Waals surface area contributed by atoms with Gasteiger partial charge in [-0.05, 0) is 37.3 Å². The van der Waals surface area contributed by atoms with Crippen molar-refractivity contribution >= 4 is 5.97 Å². The summed E-state index contributed by atoms with van der Waals surface area (Å²) in [6, 6.07) is 5.06. The van der Waals surface area contributed by atoms with E-state index in [4.69, 9.17) is 14.6 Å². The van der Waals surface area contributed by atoms with Gasteiger partial charge < -0.3 is 14.6 Å². The van der Waals surface area contributed by atoms with E-state index >= 15 is 0 Å². The molecule has 0 atom stereocenters. The van der Waals surface area contributed by atoms with Gasteiger partial charge in [-0.3, -0.25) is 0 Å². The number of aromatic carboxylic acids is 1. The normalized spacial score (nSPS) is 14.6. The Balaban J connectivity index is 1.94. The summed E-state index contributed by atoms with van der Waals surface area (Å²) in [6.07, 6.45) is 2.45. The van der Waals surface area contributed by atoms with Crippen LogP contribution >= 0.6 is 0 Å². The minimum Gasteiger partial charge on any atom is -0.478 e. The van der Waals surface area contributed by atoms with Crippen LogP contribution in [0.2, 0.25) is 0 Å². The van der Waals surface area contributed by atoms with Crippen molar-refractivity contribution in [2.75, 3.05) is 13.4 Å². The topological polar surface area (TPSA) is 55.8 Å². The average Bonchev–Trinajstić information content (AvgIpc) is 3.09. The molecule has 0 spiro atoms. The summed E-state index contributed by atoms with van der Waals surface area (Å²) in [6.45, 7) is 2.64. The monoisotopic (exact) mass is 236 g/mol. The highest BCUT2D eigenvalue weighted by Crippen LogP contribution is 2.29. The first kappa shape index (κ1) is 11.9. The molecule has 1 aliphatic rings. The summed E-state index contributed by atoms with van der Waals surface area (Å²) in [5.41, 5.74) is 0.986. The van der Waals surface area contributed by atoms with Crippen molar-refractivity contribution in [3.63, 3.8) is 0 Å². The molecule has 0 radical (unpaired) electrons. The molecule has 0 heterocycles. The van der Waals surface area contributed by atoms with Crippen LogP contribution in [-0.2, 0) is 4.74 Å². The molecule has 0 saturated heterocycles. The Kier molecular flexibility index (Phi) is 3.64. The molecule has 0 aromatic heterocycles. The molecule has 1 aliphatic carbocycles. The van der Waals surface area contributed by atoms with Crippen LogP contribution < -0.4 is 4.74 Å². The maximum absolute atomic E-state index is 11.0. The van der Waals surface area contributed by atoms with Crippen molar-refractivity contribution in [1.29, 1.82) is 0 Å². The van der Waals surface area contributed by atoms with Gasteiger partial charge in [-0.1, -0.05) is 12.1 Å². The number of para-hydroxylation sites is 1. The third-order valence-electron chi connectivity index (χ3n) is 2.78. The molecule has 1 saturated carbocycles. The van der Waals surface area contributed by atoms with Crippen LogP contribution in [0.4, 0.5) is 0 Å². The van der Waals surface area contributed by atoms with Gasteiger partial charge in [0.15, 0.2) is 6.79 Å². The van der Waals surface area contributed by atoms with E-state index in [1.54, 1.807) is 6.07 Å². The van der Waals surface area contributed by atoms with Crippen molar-refractivity contribution in [1.82, 2.24) is 0 Å². The van der Waals surface area contributed by atoms with Gasteiger partial charge in [0.25, 0.3) is 0 Å². The Hall–Kier alpha value is -1.55. The standard InChI is InChI=1S/C13H16O4/c1-9-3-2-4-11(13(14)15)12(9)17-8-16-7-10-5-6-10/h2-4,10H,5-8H2,1H3,(H,14,15). The summed E-state index contributed by atoms with van der Waals surface area (Å²) in [5.74, 6) is 0.0936. The maximum atomic E-state index is 11.0. The predicted molar refractivity (Wildman–Crippen MR) is 62.3 cm³/mol. The summed E-state index contributed by atoms with van der Waals surface area (Å²) in [7, 11) is 0. The smallest absolute Gasteiger partial charge is 0.339 e. The molecule has 1 fully saturated rings.